The summed E-state index contributed by atoms with van der Waals surface area (Å²) >= 11 is 1.60. The highest BCUT2D eigenvalue weighted by Crippen LogP contribution is 2.29. The van der Waals surface area contributed by atoms with Crippen LogP contribution in [0.15, 0.2) is 42.6 Å². The Morgan fingerprint density at radius 1 is 1.25 bits per heavy atom. The molecule has 6 nitrogen and oxygen atoms in total. The molecule has 0 saturated carbocycles. The number of hydrogen-bond acceptors (Lipinski definition) is 6. The monoisotopic (exact) mass is 393 g/mol. The number of amides is 1. The zero-order valence-electron chi connectivity index (χ0n) is 16.1. The molecule has 1 N–H and O–H groups in total. The molecule has 0 aliphatic carbocycles. The molecular formula is C21H23N5OS. The molecule has 28 heavy (non-hydrogen) atoms. The zero-order valence-corrected chi connectivity index (χ0v) is 16.9. The zero-order chi connectivity index (χ0) is 19.5. The molecule has 1 aliphatic heterocycles. The number of thiazole rings is 1. The lowest BCUT2D eigenvalue weighted by atomic mass is 10.0. The van der Waals surface area contributed by atoms with Crippen LogP contribution in [-0.4, -0.2) is 38.8 Å². The second-order valence-electron chi connectivity index (χ2n) is 7.11. The van der Waals surface area contributed by atoms with E-state index in [0.717, 1.165) is 45.9 Å². The van der Waals surface area contributed by atoms with Crippen molar-refractivity contribution in [2.45, 2.75) is 32.6 Å². The van der Waals surface area contributed by atoms with E-state index in [1.165, 1.54) is 0 Å². The standard InChI is InChI=1S/C21H23N5OS/c1-14-12-22-21(28-14)25-19-11-18(23-15(2)24-19)17-8-9-26(13-17)20(27)10-16-6-4-3-5-7-16/h3-7,11-12,17H,8-10,13H2,1-2H3,(H,22,23,24,25)/t17-/m1/s1. The first-order chi connectivity index (χ1) is 13.6. The summed E-state index contributed by atoms with van der Waals surface area (Å²) in [5.41, 5.74) is 2.04. The number of nitrogens with zero attached hydrogens (tertiary/aromatic N) is 4. The van der Waals surface area contributed by atoms with Crippen molar-refractivity contribution in [2.24, 2.45) is 0 Å². The maximum atomic E-state index is 12.6. The Hall–Kier alpha value is -2.80. The largest absolute Gasteiger partial charge is 0.342 e. The van der Waals surface area contributed by atoms with E-state index in [1.807, 2.05) is 61.3 Å². The van der Waals surface area contributed by atoms with Gasteiger partial charge in [-0.1, -0.05) is 30.3 Å². The van der Waals surface area contributed by atoms with Gasteiger partial charge in [-0.15, -0.1) is 11.3 Å². The Morgan fingerprint density at radius 2 is 2.07 bits per heavy atom. The van der Waals surface area contributed by atoms with Gasteiger partial charge in [0.25, 0.3) is 0 Å². The van der Waals surface area contributed by atoms with Crippen molar-refractivity contribution in [3.8, 4) is 0 Å². The number of carbonyl (C=O) groups is 1. The second-order valence-corrected chi connectivity index (χ2v) is 8.35. The van der Waals surface area contributed by atoms with Crippen LogP contribution in [0.4, 0.5) is 10.9 Å². The smallest absolute Gasteiger partial charge is 0.227 e. The molecule has 0 radical (unpaired) electrons. The number of nitrogens with one attached hydrogen (secondary N) is 1. The molecule has 0 unspecified atom stereocenters. The van der Waals surface area contributed by atoms with Gasteiger partial charge < -0.3 is 10.2 Å². The summed E-state index contributed by atoms with van der Waals surface area (Å²) in [5, 5.41) is 4.10. The lowest BCUT2D eigenvalue weighted by Crippen LogP contribution is -2.30. The molecule has 1 fully saturated rings. The molecule has 0 spiro atoms. The van der Waals surface area contributed by atoms with Crippen LogP contribution in [0, 0.1) is 13.8 Å². The average molecular weight is 394 g/mol. The summed E-state index contributed by atoms with van der Waals surface area (Å²) in [6.07, 6.45) is 3.22. The summed E-state index contributed by atoms with van der Waals surface area (Å²) in [4.78, 5) is 29.2. The van der Waals surface area contributed by atoms with Crippen molar-refractivity contribution in [1.29, 1.82) is 0 Å². The molecule has 7 heteroatoms. The van der Waals surface area contributed by atoms with Gasteiger partial charge >= 0.3 is 0 Å². The van der Waals surface area contributed by atoms with Crippen LogP contribution in [0.5, 0.6) is 0 Å². The Balaban J connectivity index is 1.44. The van der Waals surface area contributed by atoms with Gasteiger partial charge in [0.2, 0.25) is 5.91 Å². The van der Waals surface area contributed by atoms with Crippen molar-refractivity contribution < 1.29 is 4.79 Å². The molecule has 1 atom stereocenters. The van der Waals surface area contributed by atoms with E-state index in [4.69, 9.17) is 0 Å². The van der Waals surface area contributed by atoms with E-state index in [0.29, 0.717) is 13.0 Å². The van der Waals surface area contributed by atoms with Gasteiger partial charge in [-0.2, -0.15) is 0 Å². The third kappa shape index (κ3) is 4.36. The maximum absolute atomic E-state index is 12.6. The number of hydrogen-bond donors (Lipinski definition) is 1. The highest BCUT2D eigenvalue weighted by Gasteiger charge is 2.28. The Morgan fingerprint density at radius 3 is 2.82 bits per heavy atom. The summed E-state index contributed by atoms with van der Waals surface area (Å²) in [7, 11) is 0. The summed E-state index contributed by atoms with van der Waals surface area (Å²) in [5.74, 6) is 1.89. The van der Waals surface area contributed by atoms with E-state index in [-0.39, 0.29) is 11.8 Å². The van der Waals surface area contributed by atoms with E-state index < -0.39 is 0 Å². The Bertz CT molecular complexity index is 972. The molecule has 4 rings (SSSR count). The molecule has 0 bridgehead atoms. The van der Waals surface area contributed by atoms with E-state index in [2.05, 4.69) is 20.3 Å². The maximum Gasteiger partial charge on any atom is 0.227 e. The van der Waals surface area contributed by atoms with Crippen LogP contribution >= 0.6 is 11.3 Å². The van der Waals surface area contributed by atoms with Crippen molar-refractivity contribution in [2.75, 3.05) is 18.4 Å². The summed E-state index contributed by atoms with van der Waals surface area (Å²) in [6.45, 7) is 5.40. The van der Waals surface area contributed by atoms with Crippen molar-refractivity contribution in [1.82, 2.24) is 19.9 Å². The summed E-state index contributed by atoms with van der Waals surface area (Å²) < 4.78 is 0. The summed E-state index contributed by atoms with van der Waals surface area (Å²) in [6, 6.07) is 11.9. The van der Waals surface area contributed by atoms with Crippen molar-refractivity contribution >= 4 is 28.2 Å². The molecule has 3 heterocycles. The van der Waals surface area contributed by atoms with Crippen molar-refractivity contribution in [3.63, 3.8) is 0 Å². The van der Waals surface area contributed by atoms with Gasteiger partial charge in [0.15, 0.2) is 5.13 Å². The topological polar surface area (TPSA) is 71.0 Å². The number of carbonyl (C=O) groups excluding carboxylic acids is 1. The first-order valence-electron chi connectivity index (χ1n) is 9.43. The number of aromatic nitrogens is 3. The predicted molar refractivity (Wildman–Crippen MR) is 111 cm³/mol. The Kier molecular flexibility index (Phi) is 5.34. The normalized spacial score (nSPS) is 16.4. The molecule has 144 valence electrons. The van der Waals surface area contributed by atoms with E-state index in [9.17, 15) is 4.79 Å². The van der Waals surface area contributed by atoms with Crippen LogP contribution in [0.2, 0.25) is 0 Å². The van der Waals surface area contributed by atoms with Crippen molar-refractivity contribution in [3.05, 3.63) is 64.6 Å². The van der Waals surface area contributed by atoms with Gasteiger partial charge in [0.1, 0.15) is 11.6 Å². The molecule has 1 amide bonds. The van der Waals surface area contributed by atoms with Gasteiger partial charge in [0, 0.05) is 36.1 Å². The minimum absolute atomic E-state index is 0.177. The third-order valence-electron chi connectivity index (χ3n) is 4.87. The first-order valence-corrected chi connectivity index (χ1v) is 10.3. The lowest BCUT2D eigenvalue weighted by Gasteiger charge is -2.17. The number of benzene rings is 1. The van der Waals surface area contributed by atoms with Crippen LogP contribution in [0.25, 0.3) is 0 Å². The minimum Gasteiger partial charge on any atom is -0.342 e. The predicted octanol–water partition coefficient (Wildman–Crippen LogP) is 3.85. The van der Waals surface area contributed by atoms with Gasteiger partial charge in [-0.05, 0) is 25.8 Å². The van der Waals surface area contributed by atoms with Crippen LogP contribution < -0.4 is 5.32 Å². The van der Waals surface area contributed by atoms with Crippen LogP contribution in [0.3, 0.4) is 0 Å². The Labute approximate surface area is 168 Å². The van der Waals surface area contributed by atoms with E-state index >= 15 is 0 Å². The average Bonchev–Trinajstić information content (AvgIpc) is 3.31. The lowest BCUT2D eigenvalue weighted by molar-refractivity contribution is -0.129. The highest BCUT2D eigenvalue weighted by atomic mass is 32.1. The quantitative estimate of drug-likeness (QED) is 0.713. The molecule has 1 aliphatic rings. The number of aryl methyl sites for hydroxylation is 2. The fraction of sp³-hybridized carbons (Fsp3) is 0.333. The van der Waals surface area contributed by atoms with Crippen LogP contribution in [0.1, 0.15) is 34.3 Å². The fourth-order valence-corrected chi connectivity index (χ4v) is 4.17. The molecule has 3 aromatic rings. The van der Waals surface area contributed by atoms with Gasteiger partial charge in [0.05, 0.1) is 12.1 Å². The molecule has 1 aromatic carbocycles. The van der Waals surface area contributed by atoms with Gasteiger partial charge in [-0.25, -0.2) is 15.0 Å². The SMILES string of the molecule is Cc1nc(Nc2ncc(C)s2)cc([C@@H]2CCN(C(=O)Cc3ccccc3)C2)n1. The third-order valence-corrected chi connectivity index (χ3v) is 5.70. The minimum atomic E-state index is 0.177. The molecule has 1 saturated heterocycles. The number of rotatable bonds is 5. The van der Waals surface area contributed by atoms with Gasteiger partial charge in [-0.3, -0.25) is 4.79 Å². The second kappa shape index (κ2) is 8.06. The fourth-order valence-electron chi connectivity index (χ4n) is 3.50. The number of anilines is 2. The molecule has 2 aromatic heterocycles. The highest BCUT2D eigenvalue weighted by molar-refractivity contribution is 7.15. The molecular weight excluding hydrogens is 370 g/mol. The van der Waals surface area contributed by atoms with Crippen LogP contribution in [-0.2, 0) is 11.2 Å². The first kappa shape index (κ1) is 18.6. The number of likely N-dealkylation sites (tertiary alicyclic amines) is 1. The van der Waals surface area contributed by atoms with E-state index in [1.54, 1.807) is 11.3 Å².